The minimum atomic E-state index is -0.0581. The van der Waals surface area contributed by atoms with E-state index in [2.05, 4.69) is 34.9 Å². The SMILES string of the molecule is O=C(NCC1(c2ccccc2)CCCC1)c1ccc(NC(=O)C2CC2)cc1. The highest BCUT2D eigenvalue weighted by atomic mass is 16.2. The molecule has 2 aliphatic carbocycles. The fraction of sp³-hybridized carbons (Fsp3) is 0.391. The quantitative estimate of drug-likeness (QED) is 0.806. The van der Waals surface area contributed by atoms with Crippen molar-refractivity contribution in [2.24, 2.45) is 5.92 Å². The van der Waals surface area contributed by atoms with Crippen LogP contribution in [0.3, 0.4) is 0 Å². The third-order valence-electron chi connectivity index (χ3n) is 5.90. The Hall–Kier alpha value is -2.62. The number of hydrogen-bond acceptors (Lipinski definition) is 2. The van der Waals surface area contributed by atoms with E-state index in [1.807, 2.05) is 6.07 Å². The summed E-state index contributed by atoms with van der Waals surface area (Å²) in [4.78, 5) is 24.5. The number of carbonyl (C=O) groups excluding carboxylic acids is 2. The first-order valence-corrected chi connectivity index (χ1v) is 9.91. The lowest BCUT2D eigenvalue weighted by Crippen LogP contribution is -2.39. The van der Waals surface area contributed by atoms with Crippen molar-refractivity contribution in [1.82, 2.24) is 5.32 Å². The number of hydrogen-bond donors (Lipinski definition) is 2. The third kappa shape index (κ3) is 4.05. The van der Waals surface area contributed by atoms with Crippen LogP contribution >= 0.6 is 0 Å². The van der Waals surface area contributed by atoms with Crippen molar-refractivity contribution < 1.29 is 9.59 Å². The Bertz CT molecular complexity index is 804. The van der Waals surface area contributed by atoms with Gasteiger partial charge in [0.15, 0.2) is 0 Å². The van der Waals surface area contributed by atoms with E-state index in [4.69, 9.17) is 0 Å². The van der Waals surface area contributed by atoms with Gasteiger partial charge in [-0.25, -0.2) is 0 Å². The predicted octanol–water partition coefficient (Wildman–Crippen LogP) is 4.28. The molecule has 0 spiro atoms. The number of nitrogens with one attached hydrogen (secondary N) is 2. The van der Waals surface area contributed by atoms with E-state index in [0.717, 1.165) is 31.4 Å². The number of amides is 2. The molecule has 2 fully saturated rings. The van der Waals surface area contributed by atoms with Gasteiger partial charge in [-0.3, -0.25) is 9.59 Å². The van der Waals surface area contributed by atoms with Crippen LogP contribution < -0.4 is 10.6 Å². The maximum absolute atomic E-state index is 12.6. The molecule has 0 unspecified atom stereocenters. The minimum Gasteiger partial charge on any atom is -0.351 e. The number of anilines is 1. The predicted molar refractivity (Wildman–Crippen MR) is 107 cm³/mol. The van der Waals surface area contributed by atoms with Crippen molar-refractivity contribution >= 4 is 17.5 Å². The second kappa shape index (κ2) is 7.55. The Labute approximate surface area is 160 Å². The summed E-state index contributed by atoms with van der Waals surface area (Å²) >= 11 is 0. The second-order valence-electron chi connectivity index (χ2n) is 7.88. The van der Waals surface area contributed by atoms with E-state index in [9.17, 15) is 9.59 Å². The van der Waals surface area contributed by atoms with Gasteiger partial charge in [-0.05, 0) is 55.5 Å². The summed E-state index contributed by atoms with van der Waals surface area (Å²) in [7, 11) is 0. The molecule has 4 heteroatoms. The van der Waals surface area contributed by atoms with Crippen molar-refractivity contribution in [2.75, 3.05) is 11.9 Å². The summed E-state index contributed by atoms with van der Waals surface area (Å²) in [5.74, 6) is 0.198. The lowest BCUT2D eigenvalue weighted by atomic mass is 9.79. The van der Waals surface area contributed by atoms with Crippen LogP contribution in [0.15, 0.2) is 54.6 Å². The molecular weight excluding hydrogens is 336 g/mol. The van der Waals surface area contributed by atoms with Gasteiger partial charge in [0.05, 0.1) is 0 Å². The topological polar surface area (TPSA) is 58.2 Å². The van der Waals surface area contributed by atoms with Gasteiger partial charge in [0.25, 0.3) is 5.91 Å². The van der Waals surface area contributed by atoms with Gasteiger partial charge in [0.2, 0.25) is 5.91 Å². The lowest BCUT2D eigenvalue weighted by Gasteiger charge is -2.30. The van der Waals surface area contributed by atoms with E-state index in [1.165, 1.54) is 18.4 Å². The maximum atomic E-state index is 12.6. The average Bonchev–Trinajstić information content (AvgIpc) is 3.46. The minimum absolute atomic E-state index is 0.0507. The molecule has 0 radical (unpaired) electrons. The molecule has 2 saturated carbocycles. The molecule has 0 aromatic heterocycles. The van der Waals surface area contributed by atoms with Crippen LogP contribution in [0.25, 0.3) is 0 Å². The smallest absolute Gasteiger partial charge is 0.251 e. The van der Waals surface area contributed by atoms with Crippen LogP contribution in [0.1, 0.15) is 54.4 Å². The first kappa shape index (κ1) is 17.8. The van der Waals surface area contributed by atoms with Crippen LogP contribution in [-0.4, -0.2) is 18.4 Å². The average molecular weight is 362 g/mol. The van der Waals surface area contributed by atoms with Crippen LogP contribution in [0.4, 0.5) is 5.69 Å². The highest BCUT2D eigenvalue weighted by Crippen LogP contribution is 2.40. The first-order chi connectivity index (χ1) is 13.2. The molecule has 2 amide bonds. The van der Waals surface area contributed by atoms with Gasteiger partial charge < -0.3 is 10.6 Å². The highest BCUT2D eigenvalue weighted by molar-refractivity contribution is 5.96. The molecule has 0 heterocycles. The molecule has 4 nitrogen and oxygen atoms in total. The summed E-state index contributed by atoms with van der Waals surface area (Å²) in [6, 6.07) is 17.7. The van der Waals surface area contributed by atoms with Crippen LogP contribution in [0.5, 0.6) is 0 Å². The second-order valence-corrected chi connectivity index (χ2v) is 7.88. The van der Waals surface area contributed by atoms with Gasteiger partial charge in [-0.15, -0.1) is 0 Å². The monoisotopic (exact) mass is 362 g/mol. The van der Waals surface area contributed by atoms with Crippen molar-refractivity contribution in [1.29, 1.82) is 0 Å². The zero-order valence-corrected chi connectivity index (χ0v) is 15.5. The summed E-state index contributed by atoms with van der Waals surface area (Å²) in [5.41, 5.74) is 2.75. The van der Waals surface area contributed by atoms with Crippen LogP contribution in [-0.2, 0) is 10.2 Å². The van der Waals surface area contributed by atoms with Gasteiger partial charge in [-0.1, -0.05) is 43.2 Å². The van der Waals surface area contributed by atoms with Gasteiger partial charge in [-0.2, -0.15) is 0 Å². The van der Waals surface area contributed by atoms with Crippen molar-refractivity contribution in [2.45, 2.75) is 43.9 Å². The zero-order chi connectivity index (χ0) is 18.7. The van der Waals surface area contributed by atoms with Gasteiger partial charge in [0, 0.05) is 29.1 Å². The van der Waals surface area contributed by atoms with Gasteiger partial charge in [0.1, 0.15) is 0 Å². The summed E-state index contributed by atoms with van der Waals surface area (Å²) in [6.07, 6.45) is 6.61. The third-order valence-corrected chi connectivity index (χ3v) is 5.90. The summed E-state index contributed by atoms with van der Waals surface area (Å²) in [6.45, 7) is 0.663. The highest BCUT2D eigenvalue weighted by Gasteiger charge is 2.35. The van der Waals surface area contributed by atoms with E-state index in [0.29, 0.717) is 12.1 Å². The molecule has 2 aliphatic rings. The molecule has 2 aromatic carbocycles. The molecule has 4 rings (SSSR count). The fourth-order valence-corrected chi connectivity index (χ4v) is 4.06. The fourth-order valence-electron chi connectivity index (χ4n) is 4.06. The Morgan fingerprint density at radius 3 is 2.22 bits per heavy atom. The largest absolute Gasteiger partial charge is 0.351 e. The standard InChI is InChI=1S/C23H26N2O2/c26-21(17-10-12-20(13-11-17)25-22(27)18-8-9-18)24-16-23(14-4-5-15-23)19-6-2-1-3-7-19/h1-3,6-7,10-13,18H,4-5,8-9,14-16H2,(H,24,26)(H,25,27). The number of benzene rings is 2. The molecule has 2 aromatic rings. The maximum Gasteiger partial charge on any atom is 0.251 e. The lowest BCUT2D eigenvalue weighted by molar-refractivity contribution is -0.117. The Morgan fingerprint density at radius 2 is 1.59 bits per heavy atom. The van der Waals surface area contributed by atoms with E-state index in [-0.39, 0.29) is 23.1 Å². The molecule has 140 valence electrons. The van der Waals surface area contributed by atoms with Gasteiger partial charge >= 0.3 is 0 Å². The summed E-state index contributed by atoms with van der Waals surface area (Å²) < 4.78 is 0. The van der Waals surface area contributed by atoms with E-state index in [1.54, 1.807) is 24.3 Å². The molecule has 0 bridgehead atoms. The van der Waals surface area contributed by atoms with E-state index < -0.39 is 0 Å². The summed E-state index contributed by atoms with van der Waals surface area (Å²) in [5, 5.41) is 6.05. The zero-order valence-electron chi connectivity index (χ0n) is 15.5. The van der Waals surface area contributed by atoms with Crippen molar-refractivity contribution in [3.63, 3.8) is 0 Å². The molecule has 0 saturated heterocycles. The molecule has 2 N–H and O–H groups in total. The Morgan fingerprint density at radius 1 is 0.926 bits per heavy atom. The Balaban J connectivity index is 1.39. The van der Waals surface area contributed by atoms with Crippen LogP contribution in [0, 0.1) is 5.92 Å². The number of carbonyl (C=O) groups is 2. The first-order valence-electron chi connectivity index (χ1n) is 9.91. The van der Waals surface area contributed by atoms with Crippen LogP contribution in [0.2, 0.25) is 0 Å². The van der Waals surface area contributed by atoms with E-state index >= 15 is 0 Å². The molecule has 27 heavy (non-hydrogen) atoms. The molecule has 0 aliphatic heterocycles. The van der Waals surface area contributed by atoms with Crippen molar-refractivity contribution in [3.05, 3.63) is 65.7 Å². The molecule has 0 atom stereocenters. The van der Waals surface area contributed by atoms with Crippen molar-refractivity contribution in [3.8, 4) is 0 Å². The normalized spacial score (nSPS) is 18.1. The Kier molecular flexibility index (Phi) is 4.97. The molecular formula is C23H26N2O2. The number of rotatable bonds is 6.